The van der Waals surface area contributed by atoms with Gasteiger partial charge in [-0.2, -0.15) is 0 Å². The first-order valence-electron chi connectivity index (χ1n) is 11.6. The molecule has 0 radical (unpaired) electrons. The van der Waals surface area contributed by atoms with Crippen molar-refractivity contribution in [2.24, 2.45) is 0 Å². The second-order valence-corrected chi connectivity index (χ2v) is 10.7. The fourth-order valence-corrected chi connectivity index (χ4v) is 4.63. The van der Waals surface area contributed by atoms with E-state index in [1.807, 2.05) is 6.92 Å². The first-order chi connectivity index (χ1) is 16.5. The molecule has 0 aromatic heterocycles. The zero-order valence-corrected chi connectivity index (χ0v) is 21.9. The molecule has 1 atom stereocenters. The van der Waals surface area contributed by atoms with E-state index in [-0.39, 0.29) is 43.4 Å². The number of anilines is 1. The molecule has 35 heavy (non-hydrogen) atoms. The van der Waals surface area contributed by atoms with Crippen molar-refractivity contribution in [2.75, 3.05) is 23.7 Å². The molecule has 0 unspecified atom stereocenters. The maximum atomic E-state index is 14.2. The minimum absolute atomic E-state index is 0.0133. The Morgan fingerprint density at radius 2 is 1.74 bits per heavy atom. The van der Waals surface area contributed by atoms with Gasteiger partial charge in [-0.3, -0.25) is 13.9 Å². The molecule has 0 saturated heterocycles. The molecule has 0 bridgehead atoms. The Kier molecular flexibility index (Phi) is 11.0. The van der Waals surface area contributed by atoms with Crippen LogP contribution in [0.5, 0.6) is 0 Å². The molecule has 10 heteroatoms. The second kappa shape index (κ2) is 13.4. The lowest BCUT2D eigenvalue weighted by atomic mass is 10.1. The smallest absolute Gasteiger partial charge is 0.242 e. The number of rotatable bonds is 13. The quantitative estimate of drug-likeness (QED) is 0.394. The lowest BCUT2D eigenvalue weighted by molar-refractivity contribution is -0.140. The van der Waals surface area contributed by atoms with Gasteiger partial charge in [-0.05, 0) is 49.6 Å². The third-order valence-electron chi connectivity index (χ3n) is 5.54. The van der Waals surface area contributed by atoms with Gasteiger partial charge in [0.15, 0.2) is 0 Å². The van der Waals surface area contributed by atoms with Crippen molar-refractivity contribution in [3.8, 4) is 0 Å². The zero-order valence-electron chi connectivity index (χ0n) is 20.3. The van der Waals surface area contributed by atoms with Gasteiger partial charge >= 0.3 is 0 Å². The van der Waals surface area contributed by atoms with Gasteiger partial charge in [-0.25, -0.2) is 12.8 Å². The van der Waals surface area contributed by atoms with E-state index in [1.165, 1.54) is 23.1 Å². The van der Waals surface area contributed by atoms with E-state index in [4.69, 9.17) is 11.6 Å². The Bertz CT molecular complexity index is 1100. The lowest BCUT2D eigenvalue weighted by Crippen LogP contribution is -2.48. The fraction of sp³-hybridized carbons (Fsp3) is 0.440. The van der Waals surface area contributed by atoms with Crippen LogP contribution in [0.25, 0.3) is 0 Å². The van der Waals surface area contributed by atoms with Crippen LogP contribution in [0, 0.1) is 5.82 Å². The van der Waals surface area contributed by atoms with E-state index in [0.717, 1.165) is 29.0 Å². The van der Waals surface area contributed by atoms with Crippen molar-refractivity contribution >= 4 is 39.1 Å². The van der Waals surface area contributed by atoms with Gasteiger partial charge in [0, 0.05) is 31.1 Å². The van der Waals surface area contributed by atoms with Crippen LogP contribution in [-0.4, -0.2) is 50.5 Å². The number of sulfonamides is 1. The average molecular weight is 526 g/mol. The highest BCUT2D eigenvalue weighted by molar-refractivity contribution is 7.92. The summed E-state index contributed by atoms with van der Waals surface area (Å²) in [5.74, 6) is -1.23. The van der Waals surface area contributed by atoms with E-state index in [2.05, 4.69) is 5.32 Å². The minimum Gasteiger partial charge on any atom is -0.354 e. The number of amides is 2. The molecule has 0 aliphatic rings. The van der Waals surface area contributed by atoms with Crippen molar-refractivity contribution in [2.45, 2.75) is 52.1 Å². The molecule has 0 saturated carbocycles. The lowest BCUT2D eigenvalue weighted by Gasteiger charge is -2.29. The molecular weight excluding hydrogens is 493 g/mol. The molecule has 0 heterocycles. The number of nitrogens with zero attached hydrogens (tertiary/aromatic N) is 2. The summed E-state index contributed by atoms with van der Waals surface area (Å²) in [7, 11) is -3.76. The van der Waals surface area contributed by atoms with Crippen molar-refractivity contribution in [1.29, 1.82) is 0 Å². The van der Waals surface area contributed by atoms with Gasteiger partial charge in [0.05, 0.1) is 11.9 Å². The van der Waals surface area contributed by atoms with Gasteiger partial charge in [-0.1, -0.05) is 49.2 Å². The van der Waals surface area contributed by atoms with Crippen molar-refractivity contribution in [1.82, 2.24) is 10.2 Å². The Hall–Kier alpha value is -2.65. The number of carbonyl (C=O) groups excluding carboxylic acids is 2. The van der Waals surface area contributed by atoms with Gasteiger partial charge in [0.1, 0.15) is 11.9 Å². The number of benzene rings is 2. The van der Waals surface area contributed by atoms with Gasteiger partial charge in [-0.15, -0.1) is 0 Å². The van der Waals surface area contributed by atoms with E-state index in [0.29, 0.717) is 11.6 Å². The van der Waals surface area contributed by atoms with Gasteiger partial charge < -0.3 is 10.2 Å². The van der Waals surface area contributed by atoms with Crippen LogP contribution in [0.4, 0.5) is 10.1 Å². The zero-order chi connectivity index (χ0) is 26.0. The third kappa shape index (κ3) is 8.81. The van der Waals surface area contributed by atoms with Crippen LogP contribution in [0.3, 0.4) is 0 Å². The summed E-state index contributed by atoms with van der Waals surface area (Å²) in [6.45, 7) is 4.33. The van der Waals surface area contributed by atoms with Crippen LogP contribution >= 0.6 is 11.6 Å². The van der Waals surface area contributed by atoms with Crippen LogP contribution in [0.2, 0.25) is 5.02 Å². The van der Waals surface area contributed by atoms with Gasteiger partial charge in [0.2, 0.25) is 21.8 Å². The van der Waals surface area contributed by atoms with Crippen LogP contribution in [0.1, 0.15) is 45.1 Å². The van der Waals surface area contributed by atoms with Crippen LogP contribution in [0.15, 0.2) is 48.5 Å². The van der Waals surface area contributed by atoms with Crippen LogP contribution in [-0.2, 0) is 26.2 Å². The first kappa shape index (κ1) is 28.6. The van der Waals surface area contributed by atoms with E-state index in [9.17, 15) is 22.4 Å². The third-order valence-corrected chi connectivity index (χ3v) is 6.97. The summed E-state index contributed by atoms with van der Waals surface area (Å²) >= 11 is 5.97. The van der Waals surface area contributed by atoms with Crippen LogP contribution < -0.4 is 9.62 Å². The molecule has 1 N–H and O–H groups in total. The highest BCUT2D eigenvalue weighted by Gasteiger charge is 2.27. The average Bonchev–Trinajstić information content (AvgIpc) is 2.81. The Balaban J connectivity index is 2.14. The van der Waals surface area contributed by atoms with Crippen molar-refractivity contribution in [3.63, 3.8) is 0 Å². The molecule has 0 aliphatic carbocycles. The maximum absolute atomic E-state index is 14.2. The fourth-order valence-electron chi connectivity index (χ4n) is 3.54. The highest BCUT2D eigenvalue weighted by atomic mass is 35.5. The van der Waals surface area contributed by atoms with E-state index >= 15 is 0 Å². The van der Waals surface area contributed by atoms with Gasteiger partial charge in [0.25, 0.3) is 0 Å². The predicted octanol–water partition coefficient (Wildman–Crippen LogP) is 4.36. The number of unbranched alkanes of at least 4 members (excludes halogenated alkanes) is 1. The molecule has 2 aromatic rings. The monoisotopic (exact) mass is 525 g/mol. The summed E-state index contributed by atoms with van der Waals surface area (Å²) in [6, 6.07) is 11.9. The summed E-state index contributed by atoms with van der Waals surface area (Å²) in [5, 5.41) is 3.41. The minimum atomic E-state index is -3.76. The number of hydrogen-bond donors (Lipinski definition) is 1. The first-order valence-corrected chi connectivity index (χ1v) is 13.8. The van der Waals surface area contributed by atoms with Crippen molar-refractivity contribution in [3.05, 3.63) is 64.9 Å². The Morgan fingerprint density at radius 3 is 2.34 bits per heavy atom. The number of carbonyl (C=O) groups is 2. The van der Waals surface area contributed by atoms with E-state index < -0.39 is 21.9 Å². The molecule has 192 valence electrons. The molecule has 2 amide bonds. The largest absolute Gasteiger partial charge is 0.354 e. The SMILES string of the molecule is CCCCNC(=O)[C@@H](C)N(Cc1ccc(Cl)cc1)C(=O)CCCN(c1ccccc1F)S(C)(=O)=O. The molecule has 0 fully saturated rings. The highest BCUT2D eigenvalue weighted by Crippen LogP contribution is 2.22. The Labute approximate surface area is 212 Å². The summed E-state index contributed by atoms with van der Waals surface area (Å²) in [4.78, 5) is 27.4. The molecule has 2 aromatic carbocycles. The predicted molar refractivity (Wildman–Crippen MR) is 137 cm³/mol. The maximum Gasteiger partial charge on any atom is 0.242 e. The molecule has 0 spiro atoms. The van der Waals surface area contributed by atoms with E-state index in [1.54, 1.807) is 37.3 Å². The number of hydrogen-bond acceptors (Lipinski definition) is 4. The second-order valence-electron chi connectivity index (χ2n) is 8.36. The topological polar surface area (TPSA) is 86.8 Å². The number of halogens is 2. The molecule has 2 rings (SSSR count). The standard InChI is InChI=1S/C25H33ClFN3O4S/c1-4-5-16-28-25(32)19(2)29(18-20-12-14-21(26)15-13-20)24(31)11-8-17-30(35(3,33)34)23-10-7-6-9-22(23)27/h6-7,9-10,12-15,19H,4-5,8,11,16-18H2,1-3H3,(H,28,32)/t19-/m1/s1. The summed E-state index contributed by atoms with van der Waals surface area (Å²) < 4.78 is 39.8. The normalized spacial score (nSPS) is 12.1. The number of nitrogens with one attached hydrogen (secondary N) is 1. The molecule has 0 aliphatic heterocycles. The number of para-hydroxylation sites is 1. The van der Waals surface area contributed by atoms with Crippen molar-refractivity contribution < 1.29 is 22.4 Å². The Morgan fingerprint density at radius 1 is 1.09 bits per heavy atom. The summed E-state index contributed by atoms with van der Waals surface area (Å²) in [5.41, 5.74) is 0.740. The summed E-state index contributed by atoms with van der Waals surface area (Å²) in [6.07, 6.45) is 2.90. The molecular formula is C25H33ClFN3O4S. The molecule has 7 nitrogen and oxygen atoms in total.